The van der Waals surface area contributed by atoms with E-state index in [4.69, 9.17) is 5.73 Å². The van der Waals surface area contributed by atoms with Crippen molar-refractivity contribution in [2.24, 2.45) is 11.1 Å². The van der Waals surface area contributed by atoms with Crippen LogP contribution >= 0.6 is 0 Å². The zero-order valence-electron chi connectivity index (χ0n) is 17.2. The molecule has 5 nitrogen and oxygen atoms in total. The summed E-state index contributed by atoms with van der Waals surface area (Å²) in [5, 5.41) is 4.90. The molecule has 1 atom stereocenters. The van der Waals surface area contributed by atoms with Gasteiger partial charge >= 0.3 is 0 Å². The van der Waals surface area contributed by atoms with Crippen molar-refractivity contribution < 1.29 is 4.79 Å². The van der Waals surface area contributed by atoms with Gasteiger partial charge < -0.3 is 15.6 Å². The quantitative estimate of drug-likeness (QED) is 0.650. The van der Waals surface area contributed by atoms with E-state index in [-0.39, 0.29) is 23.9 Å². The average molecular weight is 379 g/mol. The SMILES string of the molecule is Cc1c(CNC(CC(C)(C)C)c2cccnc2)c2ccccc2n1CC(N)=O. The second-order valence-corrected chi connectivity index (χ2v) is 8.62. The molecule has 3 N–H and O–H groups in total. The van der Waals surface area contributed by atoms with E-state index in [9.17, 15) is 4.79 Å². The number of rotatable bonds is 7. The van der Waals surface area contributed by atoms with Crippen molar-refractivity contribution in [2.75, 3.05) is 0 Å². The van der Waals surface area contributed by atoms with Gasteiger partial charge in [0.1, 0.15) is 6.54 Å². The van der Waals surface area contributed by atoms with Crippen LogP contribution in [-0.4, -0.2) is 15.5 Å². The Morgan fingerprint density at radius 3 is 2.61 bits per heavy atom. The standard InChI is InChI=1S/C23H30N4O/c1-16-19(18-9-5-6-10-21(18)27(16)15-22(24)28)14-26-20(12-23(2,3)4)17-8-7-11-25-13-17/h5-11,13,20,26H,12,14-15H2,1-4H3,(H2,24,28). The van der Waals surface area contributed by atoms with E-state index >= 15 is 0 Å². The summed E-state index contributed by atoms with van der Waals surface area (Å²) >= 11 is 0. The van der Waals surface area contributed by atoms with Gasteiger partial charge in [0.05, 0.1) is 0 Å². The van der Waals surface area contributed by atoms with Gasteiger partial charge in [0.15, 0.2) is 0 Å². The number of hydrogen-bond donors (Lipinski definition) is 2. The summed E-state index contributed by atoms with van der Waals surface area (Å²) in [5.41, 5.74) is 10.2. The smallest absolute Gasteiger partial charge is 0.237 e. The predicted molar refractivity (Wildman–Crippen MR) is 114 cm³/mol. The zero-order chi connectivity index (χ0) is 20.3. The van der Waals surface area contributed by atoms with E-state index in [2.05, 4.69) is 50.1 Å². The molecule has 1 unspecified atom stereocenters. The summed E-state index contributed by atoms with van der Waals surface area (Å²) in [7, 11) is 0. The van der Waals surface area contributed by atoms with E-state index in [0.717, 1.165) is 23.0 Å². The number of nitrogens with two attached hydrogens (primary N) is 1. The van der Waals surface area contributed by atoms with Gasteiger partial charge in [-0.05, 0) is 42.0 Å². The largest absolute Gasteiger partial charge is 0.368 e. The maximum absolute atomic E-state index is 11.6. The lowest BCUT2D eigenvalue weighted by molar-refractivity contribution is -0.118. The molecule has 0 aliphatic carbocycles. The van der Waals surface area contributed by atoms with Crippen molar-refractivity contribution in [2.45, 2.75) is 53.2 Å². The van der Waals surface area contributed by atoms with E-state index in [0.29, 0.717) is 6.54 Å². The number of pyridine rings is 1. The molecule has 2 aromatic heterocycles. The Labute approximate surface area is 167 Å². The fraction of sp³-hybridized carbons (Fsp3) is 0.391. The van der Waals surface area contributed by atoms with E-state index in [1.54, 1.807) is 6.20 Å². The maximum atomic E-state index is 11.6. The molecule has 0 bridgehead atoms. The van der Waals surface area contributed by atoms with Gasteiger partial charge in [0, 0.05) is 41.6 Å². The van der Waals surface area contributed by atoms with Crippen molar-refractivity contribution in [1.82, 2.24) is 14.9 Å². The minimum absolute atomic E-state index is 0.183. The summed E-state index contributed by atoms with van der Waals surface area (Å²) in [6.07, 6.45) is 4.74. The van der Waals surface area contributed by atoms with Crippen LogP contribution in [0.1, 0.15) is 50.1 Å². The second kappa shape index (κ2) is 8.15. The fourth-order valence-electron chi connectivity index (χ4n) is 3.81. The fourth-order valence-corrected chi connectivity index (χ4v) is 3.81. The van der Waals surface area contributed by atoms with Crippen molar-refractivity contribution in [1.29, 1.82) is 0 Å². The van der Waals surface area contributed by atoms with Crippen molar-refractivity contribution in [3.63, 3.8) is 0 Å². The summed E-state index contributed by atoms with van der Waals surface area (Å²) in [6, 6.07) is 12.5. The number of nitrogens with one attached hydrogen (secondary N) is 1. The Balaban J connectivity index is 1.92. The van der Waals surface area contributed by atoms with Gasteiger partial charge in [-0.1, -0.05) is 45.0 Å². The van der Waals surface area contributed by atoms with E-state index in [1.807, 2.05) is 35.0 Å². The first-order chi connectivity index (χ1) is 13.3. The number of nitrogens with zero attached hydrogens (tertiary/aromatic N) is 2. The van der Waals surface area contributed by atoms with Gasteiger partial charge in [-0.2, -0.15) is 0 Å². The molecule has 3 aromatic rings. The molecule has 0 radical (unpaired) electrons. The summed E-state index contributed by atoms with van der Waals surface area (Å²) in [6.45, 7) is 9.73. The molecule has 0 saturated heterocycles. The van der Waals surface area contributed by atoms with Crippen LogP contribution in [0.5, 0.6) is 0 Å². The van der Waals surface area contributed by atoms with Crippen LogP contribution in [0.25, 0.3) is 10.9 Å². The second-order valence-electron chi connectivity index (χ2n) is 8.62. The Kier molecular flexibility index (Phi) is 5.84. The summed E-state index contributed by atoms with van der Waals surface area (Å²) in [5.74, 6) is -0.329. The number of carbonyl (C=O) groups is 1. The van der Waals surface area contributed by atoms with Gasteiger partial charge in [-0.15, -0.1) is 0 Å². The molecule has 2 heterocycles. The molecule has 1 amide bonds. The molecule has 0 aliphatic rings. The van der Waals surface area contributed by atoms with Crippen LogP contribution in [0.2, 0.25) is 0 Å². The third kappa shape index (κ3) is 4.60. The molecule has 148 valence electrons. The third-order valence-corrected chi connectivity index (χ3v) is 5.10. The molecule has 1 aromatic carbocycles. The highest BCUT2D eigenvalue weighted by Crippen LogP contribution is 2.31. The van der Waals surface area contributed by atoms with Crippen LogP contribution in [-0.2, 0) is 17.9 Å². The molecule has 0 saturated carbocycles. The van der Waals surface area contributed by atoms with Crippen LogP contribution in [0.3, 0.4) is 0 Å². The average Bonchev–Trinajstić information content (AvgIpc) is 2.90. The summed E-state index contributed by atoms with van der Waals surface area (Å²) < 4.78 is 2.01. The monoisotopic (exact) mass is 378 g/mol. The van der Waals surface area contributed by atoms with Crippen LogP contribution in [0.15, 0.2) is 48.8 Å². The van der Waals surface area contributed by atoms with Crippen molar-refractivity contribution >= 4 is 16.8 Å². The van der Waals surface area contributed by atoms with Crippen LogP contribution in [0.4, 0.5) is 0 Å². The highest BCUT2D eigenvalue weighted by atomic mass is 16.1. The molecule has 3 rings (SSSR count). The lowest BCUT2D eigenvalue weighted by Gasteiger charge is -2.27. The van der Waals surface area contributed by atoms with Gasteiger partial charge in [-0.3, -0.25) is 9.78 Å². The number of carbonyl (C=O) groups excluding carboxylic acids is 1. The van der Waals surface area contributed by atoms with E-state index < -0.39 is 0 Å². The molecule has 0 aliphatic heterocycles. The normalized spacial score (nSPS) is 13.0. The number of aromatic nitrogens is 2. The number of para-hydroxylation sites is 1. The molecular formula is C23H30N4O. The number of primary amides is 1. The summed E-state index contributed by atoms with van der Waals surface area (Å²) in [4.78, 5) is 15.9. The predicted octanol–water partition coefficient (Wildman–Crippen LogP) is 4.10. The highest BCUT2D eigenvalue weighted by molar-refractivity contribution is 5.87. The minimum atomic E-state index is -0.329. The van der Waals surface area contributed by atoms with Crippen LogP contribution < -0.4 is 11.1 Å². The minimum Gasteiger partial charge on any atom is -0.368 e. The van der Waals surface area contributed by atoms with Gasteiger partial charge in [0.2, 0.25) is 5.91 Å². The van der Waals surface area contributed by atoms with Gasteiger partial charge in [-0.25, -0.2) is 0 Å². The first-order valence-corrected chi connectivity index (χ1v) is 9.74. The topological polar surface area (TPSA) is 72.9 Å². The van der Waals surface area contributed by atoms with Crippen molar-refractivity contribution in [3.8, 4) is 0 Å². The zero-order valence-corrected chi connectivity index (χ0v) is 17.2. The molecule has 0 spiro atoms. The third-order valence-electron chi connectivity index (χ3n) is 5.10. The first kappa shape index (κ1) is 20.1. The number of fused-ring (bicyclic) bond motifs is 1. The van der Waals surface area contributed by atoms with Crippen molar-refractivity contribution in [3.05, 3.63) is 65.6 Å². The molecule has 5 heteroatoms. The number of amides is 1. The molecule has 28 heavy (non-hydrogen) atoms. The molecular weight excluding hydrogens is 348 g/mol. The van der Waals surface area contributed by atoms with Crippen LogP contribution in [0, 0.1) is 12.3 Å². The Hall–Kier alpha value is -2.66. The lowest BCUT2D eigenvalue weighted by Crippen LogP contribution is -2.26. The number of benzene rings is 1. The lowest BCUT2D eigenvalue weighted by atomic mass is 9.85. The Bertz CT molecular complexity index is 954. The molecule has 0 fully saturated rings. The number of hydrogen-bond acceptors (Lipinski definition) is 3. The Morgan fingerprint density at radius 1 is 1.21 bits per heavy atom. The first-order valence-electron chi connectivity index (χ1n) is 9.74. The van der Waals surface area contributed by atoms with E-state index in [1.165, 1.54) is 11.1 Å². The Morgan fingerprint density at radius 2 is 1.96 bits per heavy atom. The van der Waals surface area contributed by atoms with Gasteiger partial charge in [0.25, 0.3) is 0 Å². The maximum Gasteiger partial charge on any atom is 0.237 e. The highest BCUT2D eigenvalue weighted by Gasteiger charge is 2.22.